The fraction of sp³-hybridized carbons (Fsp3) is 0.296. The number of benzene rings is 1. The summed E-state index contributed by atoms with van der Waals surface area (Å²) in [6, 6.07) is 5.51. The number of ether oxygens (including phenoxy) is 1. The van der Waals surface area contributed by atoms with E-state index in [0.29, 0.717) is 29.3 Å². The Morgan fingerprint density at radius 3 is 2.48 bits per heavy atom. The second-order valence-corrected chi connectivity index (χ2v) is 13.8. The van der Waals surface area contributed by atoms with Crippen LogP contribution in [-0.4, -0.2) is 73.7 Å². The number of carbonyl (C=O) groups excluding carboxylic acids is 1. The van der Waals surface area contributed by atoms with Gasteiger partial charge in [-0.25, -0.2) is 8.42 Å². The Balaban J connectivity index is 1.76. The van der Waals surface area contributed by atoms with Gasteiger partial charge in [-0.2, -0.15) is 0 Å². The van der Waals surface area contributed by atoms with Gasteiger partial charge >= 0.3 is 11.9 Å². The predicted molar refractivity (Wildman–Crippen MR) is 168 cm³/mol. The first kappa shape index (κ1) is 33.1. The minimum Gasteiger partial charge on any atom is -0.748 e. The number of amides is 1. The molecule has 4 rings (SSSR count). The van der Waals surface area contributed by atoms with Crippen LogP contribution in [0.25, 0.3) is 11.0 Å². The van der Waals surface area contributed by atoms with Gasteiger partial charge in [0.2, 0.25) is 5.88 Å². The van der Waals surface area contributed by atoms with Crippen molar-refractivity contribution in [2.75, 3.05) is 23.7 Å². The van der Waals surface area contributed by atoms with E-state index in [2.05, 4.69) is 0 Å². The average Bonchev–Trinajstić information content (AvgIpc) is 3.52. The molecule has 2 N–H and O–H groups in total. The molecule has 1 amide bonds. The number of carboxylic acid groups (broad SMARTS) is 2. The van der Waals surface area contributed by atoms with Crippen molar-refractivity contribution in [2.45, 2.75) is 33.2 Å². The van der Waals surface area contributed by atoms with Gasteiger partial charge in [0.05, 0.1) is 20.3 Å². The number of anilines is 1. The highest BCUT2D eigenvalue weighted by Gasteiger charge is 2.35. The highest BCUT2D eigenvalue weighted by Crippen LogP contribution is 2.39. The molecule has 2 aromatic rings. The Morgan fingerprint density at radius 2 is 1.84 bits per heavy atom. The lowest BCUT2D eigenvalue weighted by atomic mass is 10.2. The SMILES string of the molecule is CCC(=CC=C1Oc2ccc(C)cc2N1CCCS(=O)(=O)[O-])C=c1s/c(=C2/SC(=S)N(CC(=O)O)C2=O)n(CC(=O)O)c1=O. The summed E-state index contributed by atoms with van der Waals surface area (Å²) in [6.07, 6.45) is 5.41. The summed E-state index contributed by atoms with van der Waals surface area (Å²) in [7, 11) is -4.40. The number of carboxylic acids is 2. The number of thiazole rings is 1. The Bertz CT molecular complexity index is 1910. The first-order chi connectivity index (χ1) is 20.7. The van der Waals surface area contributed by atoms with Gasteiger partial charge in [0, 0.05) is 12.3 Å². The predicted octanol–water partition coefficient (Wildman–Crippen LogP) is 1.15. The third-order valence-corrected chi connectivity index (χ3v) is 9.85. The number of hydrogen-bond acceptors (Lipinski definition) is 12. The molecule has 0 saturated carbocycles. The standard InChI is InChI=1S/C27H27N3O10S4/c1-3-16(6-8-20-28(9-4-10-44(37,38)39)17-11-15(2)5-7-18(17)40-20)12-19-24(35)29(13-21(31)32)26(42-19)23-25(36)30(14-22(33)34)27(41)43-23/h5-8,11-12H,3-4,9-10,13-14H2,1-2H3,(H,31,32)(H,33,34)(H,37,38,39)/p-1/b16-6?,19-12?,20-8?,26-23+. The van der Waals surface area contributed by atoms with E-state index >= 15 is 0 Å². The molecule has 1 aromatic carbocycles. The number of aliphatic carboxylic acids is 2. The maximum atomic E-state index is 13.3. The van der Waals surface area contributed by atoms with Crippen LogP contribution in [0.15, 0.2) is 46.6 Å². The van der Waals surface area contributed by atoms with E-state index in [1.165, 1.54) is 0 Å². The zero-order valence-electron chi connectivity index (χ0n) is 23.3. The summed E-state index contributed by atoms with van der Waals surface area (Å²) >= 11 is 6.83. The normalized spacial score (nSPS) is 17.9. The molecule has 0 radical (unpaired) electrons. The number of carbonyl (C=O) groups is 3. The van der Waals surface area contributed by atoms with Crippen molar-refractivity contribution in [3.63, 3.8) is 0 Å². The summed E-state index contributed by atoms with van der Waals surface area (Å²) in [5.74, 6) is -2.94. The Kier molecular flexibility index (Phi) is 10.1. The molecule has 13 nitrogen and oxygen atoms in total. The van der Waals surface area contributed by atoms with E-state index in [-0.39, 0.29) is 31.4 Å². The van der Waals surface area contributed by atoms with E-state index in [1.54, 1.807) is 29.2 Å². The first-order valence-electron chi connectivity index (χ1n) is 13.0. The van der Waals surface area contributed by atoms with Crippen LogP contribution >= 0.6 is 35.3 Å². The van der Waals surface area contributed by atoms with Crippen LogP contribution in [0.2, 0.25) is 0 Å². The fourth-order valence-electron chi connectivity index (χ4n) is 4.35. The molecule has 2 aliphatic rings. The van der Waals surface area contributed by atoms with E-state index in [1.807, 2.05) is 26.0 Å². The molecule has 0 aliphatic carbocycles. The van der Waals surface area contributed by atoms with Gasteiger partial charge in [0.1, 0.15) is 27.0 Å². The van der Waals surface area contributed by atoms with Crippen LogP contribution < -0.4 is 24.4 Å². The number of fused-ring (bicyclic) bond motifs is 1. The topological polar surface area (TPSA) is 187 Å². The van der Waals surface area contributed by atoms with Crippen molar-refractivity contribution in [1.82, 2.24) is 9.47 Å². The molecule has 0 atom stereocenters. The maximum absolute atomic E-state index is 13.3. The number of allylic oxidation sites excluding steroid dienone is 3. The third-order valence-electron chi connectivity index (χ3n) is 6.36. The van der Waals surface area contributed by atoms with E-state index in [9.17, 15) is 37.3 Å². The molecule has 1 aromatic heterocycles. The van der Waals surface area contributed by atoms with Gasteiger partial charge in [0.15, 0.2) is 5.75 Å². The summed E-state index contributed by atoms with van der Waals surface area (Å²) in [4.78, 5) is 51.7. The van der Waals surface area contributed by atoms with Gasteiger partial charge in [0.25, 0.3) is 11.5 Å². The van der Waals surface area contributed by atoms with Crippen molar-refractivity contribution in [1.29, 1.82) is 0 Å². The van der Waals surface area contributed by atoms with E-state index < -0.39 is 52.4 Å². The molecule has 3 heterocycles. The summed E-state index contributed by atoms with van der Waals surface area (Å²) in [6.45, 7) is 2.53. The second-order valence-electron chi connectivity index (χ2n) is 9.62. The maximum Gasteiger partial charge on any atom is 0.323 e. The van der Waals surface area contributed by atoms with Crippen molar-refractivity contribution < 1.29 is 42.3 Å². The number of thioether (sulfide) groups is 1. The van der Waals surface area contributed by atoms with Crippen molar-refractivity contribution in [3.8, 4) is 5.75 Å². The highest BCUT2D eigenvalue weighted by atomic mass is 32.2. The van der Waals surface area contributed by atoms with Gasteiger partial charge in [-0.05, 0) is 55.2 Å². The molecule has 234 valence electrons. The first-order valence-corrected chi connectivity index (χ1v) is 16.6. The number of thiocarbonyl (C=S) groups is 1. The molecule has 0 unspecified atom stereocenters. The average molecular weight is 681 g/mol. The zero-order valence-corrected chi connectivity index (χ0v) is 26.6. The zero-order chi connectivity index (χ0) is 32.3. The van der Waals surface area contributed by atoms with Crippen molar-refractivity contribution in [2.24, 2.45) is 0 Å². The number of rotatable bonds is 11. The fourth-order valence-corrected chi connectivity index (χ4v) is 7.36. The van der Waals surface area contributed by atoms with Gasteiger partial charge in [-0.1, -0.05) is 43.0 Å². The Labute approximate surface area is 264 Å². The summed E-state index contributed by atoms with van der Waals surface area (Å²) in [5.41, 5.74) is 1.65. The summed E-state index contributed by atoms with van der Waals surface area (Å²) in [5, 5.41) is 18.6. The molecule has 0 bridgehead atoms. The number of nitrogens with zero attached hydrogens (tertiary/aromatic N) is 3. The Hall–Kier alpha value is -3.77. The minimum absolute atomic E-state index is 0.0217. The quantitative estimate of drug-likeness (QED) is 0.255. The molecule has 44 heavy (non-hydrogen) atoms. The smallest absolute Gasteiger partial charge is 0.323 e. The van der Waals surface area contributed by atoms with Crippen LogP contribution in [0.5, 0.6) is 5.75 Å². The molecular formula is C27H26N3O10S4-. The van der Waals surface area contributed by atoms with Crippen LogP contribution in [-0.2, 0) is 31.0 Å². The number of aromatic nitrogens is 1. The van der Waals surface area contributed by atoms with Crippen LogP contribution in [0, 0.1) is 6.92 Å². The summed E-state index contributed by atoms with van der Waals surface area (Å²) < 4.78 is 40.6. The highest BCUT2D eigenvalue weighted by molar-refractivity contribution is 8.30. The lowest BCUT2D eigenvalue weighted by Crippen LogP contribution is -2.36. The van der Waals surface area contributed by atoms with Crippen molar-refractivity contribution >= 4 is 84.3 Å². The molecule has 1 fully saturated rings. The lowest BCUT2D eigenvalue weighted by Gasteiger charge is -2.19. The van der Waals surface area contributed by atoms with Crippen molar-refractivity contribution in [3.05, 3.63) is 66.9 Å². The number of aryl methyl sites for hydroxylation is 1. The van der Waals surface area contributed by atoms with Gasteiger partial charge in [-0.15, -0.1) is 11.3 Å². The van der Waals surface area contributed by atoms with Crippen LogP contribution in [0.3, 0.4) is 0 Å². The third kappa shape index (κ3) is 7.65. The van der Waals surface area contributed by atoms with Crippen LogP contribution in [0.4, 0.5) is 5.69 Å². The van der Waals surface area contributed by atoms with Crippen LogP contribution in [0.1, 0.15) is 25.3 Å². The molecular weight excluding hydrogens is 655 g/mol. The van der Waals surface area contributed by atoms with E-state index in [4.69, 9.17) is 22.1 Å². The van der Waals surface area contributed by atoms with Gasteiger partial charge in [-0.3, -0.25) is 28.6 Å². The molecule has 2 aliphatic heterocycles. The second kappa shape index (κ2) is 13.5. The monoisotopic (exact) mass is 680 g/mol. The number of hydrogen-bond donors (Lipinski definition) is 2. The molecule has 1 saturated heterocycles. The van der Waals surface area contributed by atoms with Gasteiger partial charge < -0.3 is 24.4 Å². The molecule has 17 heteroatoms. The lowest BCUT2D eigenvalue weighted by molar-refractivity contribution is -0.140. The largest absolute Gasteiger partial charge is 0.748 e. The molecule has 0 spiro atoms. The Morgan fingerprint density at radius 1 is 1.14 bits per heavy atom. The minimum atomic E-state index is -4.40. The van der Waals surface area contributed by atoms with E-state index in [0.717, 1.165) is 38.1 Å².